The Morgan fingerprint density at radius 1 is 1.17 bits per heavy atom. The molecule has 120 valence electrons. The molecule has 0 saturated heterocycles. The average molecular weight is 340 g/mol. The van der Waals surface area contributed by atoms with E-state index in [0.717, 1.165) is 5.56 Å². The summed E-state index contributed by atoms with van der Waals surface area (Å²) in [5.41, 5.74) is 1.24. The zero-order valence-electron chi connectivity index (χ0n) is 12.6. The van der Waals surface area contributed by atoms with Crippen molar-refractivity contribution in [1.82, 2.24) is 9.55 Å². The number of fused-ring (bicyclic) bond motifs is 1. The SMILES string of the molecule is O=c1c2c(-c3ccco3)csc2nc(-c2ccccc2)n1CCF. The first kappa shape index (κ1) is 14.8. The summed E-state index contributed by atoms with van der Waals surface area (Å²) < 4.78 is 19.9. The van der Waals surface area contributed by atoms with E-state index >= 15 is 0 Å². The molecular weight excluding hydrogens is 327 g/mol. The first-order chi connectivity index (χ1) is 11.8. The Morgan fingerprint density at radius 2 is 2.00 bits per heavy atom. The molecule has 0 unspecified atom stereocenters. The van der Waals surface area contributed by atoms with Crippen LogP contribution in [0.15, 0.2) is 63.3 Å². The lowest BCUT2D eigenvalue weighted by Gasteiger charge is -2.11. The van der Waals surface area contributed by atoms with E-state index in [4.69, 9.17) is 4.42 Å². The molecule has 0 aliphatic rings. The van der Waals surface area contributed by atoms with E-state index in [0.29, 0.717) is 27.4 Å². The van der Waals surface area contributed by atoms with Gasteiger partial charge < -0.3 is 4.42 Å². The van der Waals surface area contributed by atoms with E-state index in [1.54, 1.807) is 18.4 Å². The summed E-state index contributed by atoms with van der Waals surface area (Å²) in [4.78, 5) is 18.3. The van der Waals surface area contributed by atoms with Gasteiger partial charge in [0.15, 0.2) is 0 Å². The van der Waals surface area contributed by atoms with E-state index in [9.17, 15) is 9.18 Å². The molecule has 0 bridgehead atoms. The first-order valence-electron chi connectivity index (χ1n) is 7.47. The summed E-state index contributed by atoms with van der Waals surface area (Å²) in [5, 5.41) is 2.33. The van der Waals surface area contributed by atoms with Gasteiger partial charge in [0.2, 0.25) is 0 Å². The first-order valence-corrected chi connectivity index (χ1v) is 8.35. The maximum absolute atomic E-state index is 13.1. The van der Waals surface area contributed by atoms with E-state index < -0.39 is 6.67 Å². The molecule has 0 saturated carbocycles. The third kappa shape index (κ3) is 2.35. The number of hydrogen-bond donors (Lipinski definition) is 0. The number of rotatable bonds is 4. The summed E-state index contributed by atoms with van der Waals surface area (Å²) in [6, 6.07) is 12.9. The van der Waals surface area contributed by atoms with Crippen molar-refractivity contribution in [1.29, 1.82) is 0 Å². The molecule has 6 heteroatoms. The summed E-state index contributed by atoms with van der Waals surface area (Å²) in [7, 11) is 0. The normalized spacial score (nSPS) is 11.2. The third-order valence-corrected chi connectivity index (χ3v) is 4.69. The predicted molar refractivity (Wildman–Crippen MR) is 93.0 cm³/mol. The average Bonchev–Trinajstić information content (AvgIpc) is 3.27. The minimum absolute atomic E-state index is 0.0283. The Hall–Kier alpha value is -2.73. The van der Waals surface area contributed by atoms with Crippen molar-refractivity contribution in [3.05, 3.63) is 64.5 Å². The number of nitrogens with zero attached hydrogens (tertiary/aromatic N) is 2. The highest BCUT2D eigenvalue weighted by Crippen LogP contribution is 2.32. The molecule has 0 fully saturated rings. The zero-order chi connectivity index (χ0) is 16.5. The van der Waals surface area contributed by atoms with Crippen LogP contribution < -0.4 is 5.56 Å². The van der Waals surface area contributed by atoms with Crippen LogP contribution in [0.4, 0.5) is 4.39 Å². The maximum atomic E-state index is 13.1. The number of hydrogen-bond acceptors (Lipinski definition) is 4. The third-order valence-electron chi connectivity index (χ3n) is 3.82. The summed E-state index contributed by atoms with van der Waals surface area (Å²) in [6.07, 6.45) is 1.56. The fraction of sp³-hybridized carbons (Fsp3) is 0.111. The van der Waals surface area contributed by atoms with Crippen molar-refractivity contribution in [3.8, 4) is 22.7 Å². The summed E-state index contributed by atoms with van der Waals surface area (Å²) in [6.45, 7) is -0.660. The minimum Gasteiger partial charge on any atom is -0.464 e. The van der Waals surface area contributed by atoms with Crippen molar-refractivity contribution in [2.75, 3.05) is 6.67 Å². The van der Waals surface area contributed by atoms with Crippen molar-refractivity contribution in [2.24, 2.45) is 0 Å². The van der Waals surface area contributed by atoms with Crippen LogP contribution in [-0.4, -0.2) is 16.2 Å². The van der Waals surface area contributed by atoms with Gasteiger partial charge in [-0.15, -0.1) is 11.3 Å². The van der Waals surface area contributed by atoms with E-state index in [1.165, 1.54) is 15.9 Å². The van der Waals surface area contributed by atoms with Gasteiger partial charge in [-0.25, -0.2) is 9.37 Å². The van der Waals surface area contributed by atoms with Gasteiger partial charge in [-0.1, -0.05) is 30.3 Å². The van der Waals surface area contributed by atoms with E-state index in [-0.39, 0.29) is 12.1 Å². The van der Waals surface area contributed by atoms with Crippen LogP contribution in [-0.2, 0) is 6.54 Å². The molecule has 0 spiro atoms. The molecule has 24 heavy (non-hydrogen) atoms. The molecular formula is C18H13FN2O2S. The lowest BCUT2D eigenvalue weighted by Crippen LogP contribution is -2.24. The number of alkyl halides is 1. The molecule has 4 nitrogen and oxygen atoms in total. The van der Waals surface area contributed by atoms with Gasteiger partial charge in [0, 0.05) is 16.5 Å². The fourth-order valence-corrected chi connectivity index (χ4v) is 3.65. The highest BCUT2D eigenvalue weighted by Gasteiger charge is 2.18. The number of halogens is 1. The molecule has 0 N–H and O–H groups in total. The molecule has 0 amide bonds. The van der Waals surface area contributed by atoms with Crippen LogP contribution in [0.25, 0.3) is 32.9 Å². The Bertz CT molecular complexity index is 1040. The number of benzene rings is 1. The zero-order valence-corrected chi connectivity index (χ0v) is 13.4. The molecule has 1 aromatic carbocycles. The molecule has 4 rings (SSSR count). The number of thiophene rings is 1. The highest BCUT2D eigenvalue weighted by molar-refractivity contribution is 7.17. The molecule has 0 atom stereocenters. The summed E-state index contributed by atoms with van der Waals surface area (Å²) in [5.74, 6) is 1.10. The van der Waals surface area contributed by atoms with Crippen molar-refractivity contribution in [3.63, 3.8) is 0 Å². The summed E-state index contributed by atoms with van der Waals surface area (Å²) >= 11 is 1.38. The lowest BCUT2D eigenvalue weighted by atomic mass is 10.1. The maximum Gasteiger partial charge on any atom is 0.263 e. The van der Waals surface area contributed by atoms with E-state index in [2.05, 4.69) is 4.98 Å². The molecule has 0 aliphatic carbocycles. The Morgan fingerprint density at radius 3 is 2.71 bits per heavy atom. The van der Waals surface area contributed by atoms with Crippen LogP contribution in [0.1, 0.15) is 0 Å². The Kier molecular flexibility index (Phi) is 3.74. The quantitative estimate of drug-likeness (QED) is 0.555. The van der Waals surface area contributed by atoms with Crippen LogP contribution >= 0.6 is 11.3 Å². The van der Waals surface area contributed by atoms with Gasteiger partial charge >= 0.3 is 0 Å². The number of furan rings is 1. The van der Waals surface area contributed by atoms with Gasteiger partial charge in [-0.2, -0.15) is 0 Å². The Balaban J connectivity index is 2.03. The monoisotopic (exact) mass is 340 g/mol. The molecule has 3 aromatic heterocycles. The standard InChI is InChI=1S/C18H13FN2O2S/c19-8-9-21-16(12-5-2-1-3-6-12)20-17-15(18(21)22)13(11-24-17)14-7-4-10-23-14/h1-7,10-11H,8-9H2. The van der Waals surface area contributed by atoms with Gasteiger partial charge in [0.25, 0.3) is 5.56 Å². The van der Waals surface area contributed by atoms with Crippen molar-refractivity contribution >= 4 is 21.6 Å². The highest BCUT2D eigenvalue weighted by atomic mass is 32.1. The minimum atomic E-state index is -0.632. The van der Waals surface area contributed by atoms with Crippen LogP contribution in [0.3, 0.4) is 0 Å². The van der Waals surface area contributed by atoms with Crippen molar-refractivity contribution in [2.45, 2.75) is 6.54 Å². The van der Waals surface area contributed by atoms with Crippen LogP contribution in [0, 0.1) is 0 Å². The second kappa shape index (κ2) is 6.05. The molecule has 4 aromatic rings. The van der Waals surface area contributed by atoms with Crippen LogP contribution in [0.5, 0.6) is 0 Å². The van der Waals surface area contributed by atoms with Crippen molar-refractivity contribution < 1.29 is 8.81 Å². The van der Waals surface area contributed by atoms with Gasteiger partial charge in [0.05, 0.1) is 18.2 Å². The second-order valence-electron chi connectivity index (χ2n) is 5.25. The molecule has 3 heterocycles. The lowest BCUT2D eigenvalue weighted by molar-refractivity contribution is 0.441. The Labute approximate surface area is 140 Å². The van der Waals surface area contributed by atoms with Gasteiger partial charge in [0.1, 0.15) is 23.1 Å². The second-order valence-corrected chi connectivity index (χ2v) is 6.11. The molecule has 0 aliphatic heterocycles. The smallest absolute Gasteiger partial charge is 0.263 e. The number of aromatic nitrogens is 2. The predicted octanol–water partition coefficient (Wildman–Crippen LogP) is 4.35. The van der Waals surface area contributed by atoms with E-state index in [1.807, 2.05) is 35.7 Å². The van der Waals surface area contributed by atoms with Gasteiger partial charge in [-0.3, -0.25) is 9.36 Å². The fourth-order valence-electron chi connectivity index (χ4n) is 2.74. The van der Waals surface area contributed by atoms with Crippen LogP contribution in [0.2, 0.25) is 0 Å². The molecule has 0 radical (unpaired) electrons. The topological polar surface area (TPSA) is 48.0 Å². The van der Waals surface area contributed by atoms with Gasteiger partial charge in [-0.05, 0) is 12.1 Å². The largest absolute Gasteiger partial charge is 0.464 e.